The van der Waals surface area contributed by atoms with E-state index >= 15 is 0 Å². The Bertz CT molecular complexity index is 336. The first-order valence-electron chi connectivity index (χ1n) is 7.99. The Balaban J connectivity index is 1.50. The molecule has 3 fully saturated rings. The second-order valence-electron chi connectivity index (χ2n) is 6.90. The zero-order chi connectivity index (χ0) is 13.4. The molecule has 0 amide bonds. The number of hydrogen-bond donors (Lipinski definition) is 2. The van der Waals surface area contributed by atoms with Crippen LogP contribution in [0.4, 0.5) is 0 Å². The predicted molar refractivity (Wildman–Crippen MR) is 82.7 cm³/mol. The van der Waals surface area contributed by atoms with Crippen LogP contribution in [-0.4, -0.2) is 28.2 Å². The van der Waals surface area contributed by atoms with Gasteiger partial charge in [0, 0.05) is 18.1 Å². The van der Waals surface area contributed by atoms with Crippen molar-refractivity contribution in [2.45, 2.75) is 76.9 Å². The van der Waals surface area contributed by atoms with Crippen LogP contribution in [0.25, 0.3) is 0 Å². The highest BCUT2D eigenvalue weighted by molar-refractivity contribution is 7.80. The third-order valence-corrected chi connectivity index (χ3v) is 5.69. The summed E-state index contributed by atoms with van der Waals surface area (Å²) in [6.45, 7) is 4.59. The molecule has 0 aromatic heterocycles. The Morgan fingerprint density at radius 2 is 1.79 bits per heavy atom. The van der Waals surface area contributed by atoms with E-state index in [1.807, 2.05) is 0 Å². The quantitative estimate of drug-likeness (QED) is 0.761. The van der Waals surface area contributed by atoms with Crippen LogP contribution in [0, 0.1) is 11.8 Å². The molecular weight excluding hydrogens is 254 g/mol. The van der Waals surface area contributed by atoms with E-state index < -0.39 is 0 Å². The van der Waals surface area contributed by atoms with Crippen LogP contribution in [-0.2, 0) is 0 Å². The zero-order valence-electron chi connectivity index (χ0n) is 12.2. The molecule has 0 spiro atoms. The van der Waals surface area contributed by atoms with Crippen LogP contribution in [0.3, 0.4) is 0 Å². The van der Waals surface area contributed by atoms with Crippen molar-refractivity contribution in [1.29, 1.82) is 0 Å². The zero-order valence-corrected chi connectivity index (χ0v) is 13.0. The van der Waals surface area contributed by atoms with E-state index in [0.717, 1.165) is 16.9 Å². The molecule has 0 aromatic rings. The molecular formula is C15H27N3S. The standard InChI is InChI=1S/C15H27N3S/c1-10-4-3-5-11(2)18(10)17-15(19)16-14-9-12-6-7-13(14)8-12/h10-14H,3-9H2,1-2H3,(H2,16,17,19)/t10-,11-,12+,13+,14+/m1/s1. The lowest BCUT2D eigenvalue weighted by molar-refractivity contribution is 0.0731. The fourth-order valence-electron chi connectivity index (χ4n) is 4.38. The molecule has 0 radical (unpaired) electrons. The molecule has 4 heteroatoms. The number of nitrogens with one attached hydrogen (secondary N) is 2. The fraction of sp³-hybridized carbons (Fsp3) is 0.933. The van der Waals surface area contributed by atoms with Crippen molar-refractivity contribution >= 4 is 17.3 Å². The maximum atomic E-state index is 5.53. The number of rotatable bonds is 2. The Kier molecular flexibility index (Phi) is 3.99. The molecule has 3 rings (SSSR count). The average molecular weight is 281 g/mol. The SMILES string of the molecule is C[C@@H]1CCC[C@@H](C)N1NC(=S)N[C@H]1C[C@H]2CC[C@H]1C2. The van der Waals surface area contributed by atoms with Crippen LogP contribution in [0.15, 0.2) is 0 Å². The van der Waals surface area contributed by atoms with Gasteiger partial charge in [-0.3, -0.25) is 5.43 Å². The van der Waals surface area contributed by atoms with Crippen molar-refractivity contribution in [3.05, 3.63) is 0 Å². The Morgan fingerprint density at radius 1 is 1.05 bits per heavy atom. The number of hydrazine groups is 1. The smallest absolute Gasteiger partial charge is 0.181 e. The molecule has 2 saturated carbocycles. The number of nitrogens with zero attached hydrogens (tertiary/aromatic N) is 1. The van der Waals surface area contributed by atoms with Crippen molar-refractivity contribution in [3.63, 3.8) is 0 Å². The van der Waals surface area contributed by atoms with Crippen molar-refractivity contribution in [3.8, 4) is 0 Å². The lowest BCUT2D eigenvalue weighted by Gasteiger charge is -2.40. The number of piperidine rings is 1. The first kappa shape index (κ1) is 13.6. The Hall–Kier alpha value is -0.350. The van der Waals surface area contributed by atoms with Gasteiger partial charge in [0.05, 0.1) is 0 Å². The summed E-state index contributed by atoms with van der Waals surface area (Å²) in [6.07, 6.45) is 9.49. The predicted octanol–water partition coefficient (Wildman–Crippen LogP) is 2.82. The second-order valence-corrected chi connectivity index (χ2v) is 7.31. The molecule has 108 valence electrons. The largest absolute Gasteiger partial charge is 0.359 e. The summed E-state index contributed by atoms with van der Waals surface area (Å²) in [7, 11) is 0. The number of thiocarbonyl (C=S) groups is 1. The molecule has 1 saturated heterocycles. The first-order valence-corrected chi connectivity index (χ1v) is 8.40. The Labute approximate surface area is 122 Å². The van der Waals surface area contributed by atoms with Gasteiger partial charge in [-0.1, -0.05) is 12.8 Å². The van der Waals surface area contributed by atoms with Gasteiger partial charge in [-0.25, -0.2) is 5.01 Å². The average Bonchev–Trinajstić information content (AvgIpc) is 2.96. The monoisotopic (exact) mass is 281 g/mol. The molecule has 3 aliphatic rings. The molecule has 0 aromatic carbocycles. The van der Waals surface area contributed by atoms with Gasteiger partial charge in [-0.2, -0.15) is 0 Å². The summed E-state index contributed by atoms with van der Waals surface area (Å²) in [4.78, 5) is 0. The minimum absolute atomic E-state index is 0.587. The number of hydrogen-bond acceptors (Lipinski definition) is 2. The molecule has 19 heavy (non-hydrogen) atoms. The molecule has 1 heterocycles. The first-order chi connectivity index (χ1) is 9.13. The molecule has 2 bridgehead atoms. The minimum Gasteiger partial charge on any atom is -0.359 e. The van der Waals surface area contributed by atoms with Gasteiger partial charge in [0.2, 0.25) is 0 Å². The molecule has 2 aliphatic carbocycles. The molecule has 1 aliphatic heterocycles. The maximum Gasteiger partial charge on any atom is 0.181 e. The maximum absolute atomic E-state index is 5.53. The van der Waals surface area contributed by atoms with E-state index in [1.54, 1.807) is 0 Å². The normalized spacial score (nSPS) is 42.3. The minimum atomic E-state index is 0.587. The highest BCUT2D eigenvalue weighted by Gasteiger charge is 2.39. The number of fused-ring (bicyclic) bond motifs is 2. The van der Waals surface area contributed by atoms with Gasteiger partial charge < -0.3 is 5.32 Å². The van der Waals surface area contributed by atoms with E-state index in [-0.39, 0.29) is 0 Å². The molecule has 2 N–H and O–H groups in total. The van der Waals surface area contributed by atoms with E-state index in [0.29, 0.717) is 18.1 Å². The Morgan fingerprint density at radius 3 is 2.37 bits per heavy atom. The van der Waals surface area contributed by atoms with Crippen molar-refractivity contribution < 1.29 is 0 Å². The van der Waals surface area contributed by atoms with Gasteiger partial charge in [0.15, 0.2) is 5.11 Å². The molecule has 3 nitrogen and oxygen atoms in total. The van der Waals surface area contributed by atoms with Gasteiger partial charge in [-0.15, -0.1) is 0 Å². The van der Waals surface area contributed by atoms with Crippen LogP contribution in [0.5, 0.6) is 0 Å². The fourth-order valence-corrected chi connectivity index (χ4v) is 4.64. The van der Waals surface area contributed by atoms with Crippen molar-refractivity contribution in [2.75, 3.05) is 0 Å². The molecule has 0 unspecified atom stereocenters. The van der Waals surface area contributed by atoms with Crippen LogP contribution in [0.2, 0.25) is 0 Å². The summed E-state index contributed by atoms with van der Waals surface area (Å²) in [6, 6.07) is 1.81. The lowest BCUT2D eigenvalue weighted by Crippen LogP contribution is -2.58. The summed E-state index contributed by atoms with van der Waals surface area (Å²) >= 11 is 5.53. The summed E-state index contributed by atoms with van der Waals surface area (Å²) in [5.41, 5.74) is 3.46. The molecule has 5 atom stereocenters. The summed E-state index contributed by atoms with van der Waals surface area (Å²) in [5.74, 6) is 1.85. The third kappa shape index (κ3) is 2.89. The van der Waals surface area contributed by atoms with E-state index in [2.05, 4.69) is 29.6 Å². The highest BCUT2D eigenvalue weighted by Crippen LogP contribution is 2.44. The van der Waals surface area contributed by atoms with Crippen LogP contribution < -0.4 is 10.7 Å². The summed E-state index contributed by atoms with van der Waals surface area (Å²) < 4.78 is 0. The van der Waals surface area contributed by atoms with Gasteiger partial charge in [0.25, 0.3) is 0 Å². The summed E-state index contributed by atoms with van der Waals surface area (Å²) in [5, 5.41) is 6.78. The van der Waals surface area contributed by atoms with E-state index in [9.17, 15) is 0 Å². The van der Waals surface area contributed by atoms with Crippen molar-refractivity contribution in [1.82, 2.24) is 15.8 Å². The van der Waals surface area contributed by atoms with Gasteiger partial charge >= 0.3 is 0 Å². The van der Waals surface area contributed by atoms with Gasteiger partial charge in [0.1, 0.15) is 0 Å². The van der Waals surface area contributed by atoms with Crippen molar-refractivity contribution in [2.24, 2.45) is 11.8 Å². The van der Waals surface area contributed by atoms with Crippen LogP contribution in [0.1, 0.15) is 58.8 Å². The van der Waals surface area contributed by atoms with Crippen LogP contribution >= 0.6 is 12.2 Å². The topological polar surface area (TPSA) is 27.3 Å². The third-order valence-electron chi connectivity index (χ3n) is 5.48. The van der Waals surface area contributed by atoms with E-state index in [1.165, 1.54) is 44.9 Å². The van der Waals surface area contributed by atoms with E-state index in [4.69, 9.17) is 12.2 Å². The van der Waals surface area contributed by atoms with Gasteiger partial charge in [-0.05, 0) is 70.0 Å². The lowest BCUT2D eigenvalue weighted by atomic mass is 9.95. The highest BCUT2D eigenvalue weighted by atomic mass is 32.1. The second kappa shape index (κ2) is 5.57.